The lowest BCUT2D eigenvalue weighted by atomic mass is 10.2. The Labute approximate surface area is 137 Å². The van der Waals surface area contributed by atoms with Crippen molar-refractivity contribution in [3.8, 4) is 5.75 Å². The molecule has 2 aromatic heterocycles. The van der Waals surface area contributed by atoms with Crippen LogP contribution >= 0.6 is 0 Å². The molecule has 25 heavy (non-hydrogen) atoms. The highest BCUT2D eigenvalue weighted by Crippen LogP contribution is 2.29. The summed E-state index contributed by atoms with van der Waals surface area (Å²) in [5.41, 5.74) is -0.0280. The molecule has 3 aromatic rings. The minimum atomic E-state index is -4.59. The minimum absolute atomic E-state index is 0.0218. The summed E-state index contributed by atoms with van der Waals surface area (Å²) in [6.07, 6.45) is -3.35. The first kappa shape index (κ1) is 16.6. The van der Waals surface area contributed by atoms with Gasteiger partial charge in [-0.15, -0.1) is 0 Å². The van der Waals surface area contributed by atoms with Gasteiger partial charge in [0.25, 0.3) is 5.91 Å². The lowest BCUT2D eigenvalue weighted by molar-refractivity contribution is -0.144. The van der Waals surface area contributed by atoms with Crippen molar-refractivity contribution >= 4 is 22.6 Å². The van der Waals surface area contributed by atoms with Crippen LogP contribution in [0.3, 0.4) is 0 Å². The Balaban J connectivity index is 1.86. The molecule has 0 aliphatic heterocycles. The number of nitrogens with zero attached hydrogens (tertiary/aromatic N) is 1. The Kier molecular flexibility index (Phi) is 3.95. The van der Waals surface area contributed by atoms with Gasteiger partial charge >= 0.3 is 6.18 Å². The number of alkyl halides is 3. The minimum Gasteiger partial charge on any atom is -0.491 e. The van der Waals surface area contributed by atoms with Gasteiger partial charge < -0.3 is 20.0 Å². The number of carbonyl (C=O) groups is 1. The summed E-state index contributed by atoms with van der Waals surface area (Å²) < 4.78 is 42.7. The van der Waals surface area contributed by atoms with Crippen LogP contribution in [0.25, 0.3) is 11.0 Å². The fourth-order valence-corrected chi connectivity index (χ4v) is 2.17. The molecule has 0 bridgehead atoms. The van der Waals surface area contributed by atoms with Gasteiger partial charge in [-0.25, -0.2) is 4.98 Å². The molecule has 0 saturated heterocycles. The highest BCUT2D eigenvalue weighted by Gasteiger charge is 2.34. The lowest BCUT2D eigenvalue weighted by Gasteiger charge is -2.06. The number of methoxy groups -OCH3 is 1. The summed E-state index contributed by atoms with van der Waals surface area (Å²) in [7, 11) is 1.32. The van der Waals surface area contributed by atoms with E-state index in [1.54, 1.807) is 0 Å². The number of pyridine rings is 1. The smallest absolute Gasteiger partial charge is 0.449 e. The van der Waals surface area contributed by atoms with Gasteiger partial charge in [0, 0.05) is 18.0 Å². The van der Waals surface area contributed by atoms with Crippen LogP contribution in [0.4, 0.5) is 18.9 Å². The van der Waals surface area contributed by atoms with E-state index in [-0.39, 0.29) is 28.2 Å². The fraction of sp³-hybridized carbons (Fsp3) is 0.133. The zero-order valence-corrected chi connectivity index (χ0v) is 12.7. The van der Waals surface area contributed by atoms with Gasteiger partial charge in [-0.2, -0.15) is 13.2 Å². The van der Waals surface area contributed by atoms with E-state index in [4.69, 9.17) is 4.74 Å². The number of hydrogen-bond donors (Lipinski definition) is 3. The van der Waals surface area contributed by atoms with Crippen LogP contribution in [0, 0.1) is 0 Å². The molecule has 0 saturated carbocycles. The number of ether oxygens (including phenoxy) is 1. The standard InChI is InChI=1S/C15H11F3N4O3/c1-25-12-6-19-10(5-11(12)23)13(24)20-7-2-3-8-9(4-7)22-14(21-8)15(16,17)18/h2-6H,1H3,(H,19,23)(H,20,24)(H,21,22). The number of aromatic nitrogens is 3. The number of nitrogens with one attached hydrogen (secondary N) is 3. The van der Waals surface area contributed by atoms with Crippen LogP contribution in [0.1, 0.15) is 16.3 Å². The Hall–Kier alpha value is -3.30. The summed E-state index contributed by atoms with van der Waals surface area (Å²) in [6.45, 7) is 0. The summed E-state index contributed by atoms with van der Waals surface area (Å²) in [6, 6.07) is 5.12. The zero-order chi connectivity index (χ0) is 18.2. The van der Waals surface area contributed by atoms with Crippen molar-refractivity contribution in [2.45, 2.75) is 6.18 Å². The monoisotopic (exact) mass is 352 g/mol. The SMILES string of the molecule is COc1c[nH]c(C(=O)Nc2ccc3nc(C(F)(F)F)[nH]c3c2)cc1=O. The van der Waals surface area contributed by atoms with E-state index in [1.165, 1.54) is 31.5 Å². The van der Waals surface area contributed by atoms with Crippen molar-refractivity contribution in [3.63, 3.8) is 0 Å². The number of fused-ring (bicyclic) bond motifs is 1. The highest BCUT2D eigenvalue weighted by molar-refractivity contribution is 6.03. The van der Waals surface area contributed by atoms with Gasteiger partial charge in [-0.3, -0.25) is 9.59 Å². The van der Waals surface area contributed by atoms with Gasteiger partial charge in [0.2, 0.25) is 11.3 Å². The molecular weight excluding hydrogens is 341 g/mol. The number of hydrogen-bond acceptors (Lipinski definition) is 4. The molecule has 0 aliphatic rings. The van der Waals surface area contributed by atoms with Gasteiger partial charge in [-0.1, -0.05) is 0 Å². The molecule has 0 spiro atoms. The van der Waals surface area contributed by atoms with Crippen molar-refractivity contribution in [2.75, 3.05) is 12.4 Å². The number of benzene rings is 1. The molecule has 0 radical (unpaired) electrons. The maximum absolute atomic E-state index is 12.7. The predicted octanol–water partition coefficient (Wildman–Crippen LogP) is 2.53. The number of halogens is 3. The van der Waals surface area contributed by atoms with Crippen LogP contribution in [-0.2, 0) is 6.18 Å². The fourth-order valence-electron chi connectivity index (χ4n) is 2.17. The molecule has 3 N–H and O–H groups in total. The first-order valence-corrected chi connectivity index (χ1v) is 6.93. The molecule has 130 valence electrons. The van der Waals surface area contributed by atoms with Gasteiger partial charge in [0.15, 0.2) is 5.75 Å². The first-order valence-electron chi connectivity index (χ1n) is 6.93. The number of aromatic amines is 2. The lowest BCUT2D eigenvalue weighted by Crippen LogP contribution is -2.17. The van der Waals surface area contributed by atoms with Crippen LogP contribution in [0.15, 0.2) is 35.3 Å². The van der Waals surface area contributed by atoms with Crippen molar-refractivity contribution in [2.24, 2.45) is 0 Å². The van der Waals surface area contributed by atoms with Gasteiger partial charge in [0.05, 0.1) is 18.1 Å². The predicted molar refractivity (Wildman–Crippen MR) is 82.7 cm³/mol. The third-order valence-electron chi connectivity index (χ3n) is 3.35. The highest BCUT2D eigenvalue weighted by atomic mass is 19.4. The largest absolute Gasteiger partial charge is 0.491 e. The normalized spacial score (nSPS) is 11.5. The van der Waals surface area contributed by atoms with E-state index in [2.05, 4.69) is 20.3 Å². The van der Waals surface area contributed by atoms with E-state index >= 15 is 0 Å². The second kappa shape index (κ2) is 5.96. The Morgan fingerprint density at radius 1 is 1.28 bits per heavy atom. The maximum atomic E-state index is 12.7. The van der Waals surface area contributed by atoms with E-state index in [0.717, 1.165) is 6.07 Å². The number of amides is 1. The average molecular weight is 352 g/mol. The first-order chi connectivity index (χ1) is 11.8. The summed E-state index contributed by atoms with van der Waals surface area (Å²) in [4.78, 5) is 32.0. The van der Waals surface area contributed by atoms with Crippen molar-refractivity contribution in [1.82, 2.24) is 15.0 Å². The molecule has 1 amide bonds. The molecule has 7 nitrogen and oxygen atoms in total. The van der Waals surface area contributed by atoms with E-state index in [1.807, 2.05) is 0 Å². The topological polar surface area (TPSA) is 99.9 Å². The van der Waals surface area contributed by atoms with Crippen molar-refractivity contribution in [3.05, 3.63) is 52.2 Å². The third kappa shape index (κ3) is 3.32. The number of H-pyrrole nitrogens is 2. The maximum Gasteiger partial charge on any atom is 0.449 e. The van der Waals surface area contributed by atoms with E-state index in [9.17, 15) is 22.8 Å². The van der Waals surface area contributed by atoms with Crippen LogP contribution < -0.4 is 15.5 Å². The molecule has 0 atom stereocenters. The quantitative estimate of drug-likeness (QED) is 0.674. The zero-order valence-electron chi connectivity index (χ0n) is 12.7. The summed E-state index contributed by atoms with van der Waals surface area (Å²) in [5.74, 6) is -1.70. The Bertz CT molecular complexity index is 1010. The number of anilines is 1. The van der Waals surface area contributed by atoms with E-state index in [0.29, 0.717) is 0 Å². The van der Waals surface area contributed by atoms with Crippen molar-refractivity contribution in [1.29, 1.82) is 0 Å². The molecular formula is C15H11F3N4O3. The third-order valence-corrected chi connectivity index (χ3v) is 3.35. The molecule has 2 heterocycles. The molecule has 3 rings (SSSR count). The second-order valence-electron chi connectivity index (χ2n) is 5.05. The molecule has 1 aromatic carbocycles. The van der Waals surface area contributed by atoms with Gasteiger partial charge in [0.1, 0.15) is 5.69 Å². The number of rotatable bonds is 3. The Morgan fingerprint density at radius 3 is 2.68 bits per heavy atom. The second-order valence-corrected chi connectivity index (χ2v) is 5.05. The van der Waals surface area contributed by atoms with E-state index < -0.39 is 23.3 Å². The Morgan fingerprint density at radius 2 is 2.04 bits per heavy atom. The average Bonchev–Trinajstić information content (AvgIpc) is 2.98. The summed E-state index contributed by atoms with van der Waals surface area (Å²) in [5, 5.41) is 2.48. The van der Waals surface area contributed by atoms with Crippen LogP contribution in [-0.4, -0.2) is 28.0 Å². The molecule has 0 unspecified atom stereocenters. The molecule has 10 heteroatoms. The summed E-state index contributed by atoms with van der Waals surface area (Å²) >= 11 is 0. The van der Waals surface area contributed by atoms with Crippen molar-refractivity contribution < 1.29 is 22.7 Å². The number of imidazole rings is 1. The molecule has 0 aliphatic carbocycles. The van der Waals surface area contributed by atoms with Gasteiger partial charge in [-0.05, 0) is 18.2 Å². The van der Waals surface area contributed by atoms with Crippen LogP contribution in [0.5, 0.6) is 5.75 Å². The van der Waals surface area contributed by atoms with Crippen LogP contribution in [0.2, 0.25) is 0 Å². The number of carbonyl (C=O) groups excluding carboxylic acids is 1. The molecule has 0 fully saturated rings.